The maximum absolute atomic E-state index is 12.3. The van der Waals surface area contributed by atoms with E-state index in [1.807, 2.05) is 31.7 Å². The van der Waals surface area contributed by atoms with Gasteiger partial charge in [-0.1, -0.05) is 35.9 Å². The molecule has 0 spiro atoms. The van der Waals surface area contributed by atoms with Crippen LogP contribution in [0.3, 0.4) is 0 Å². The molecule has 0 unspecified atom stereocenters. The fraction of sp³-hybridized carbons (Fsp3) is 0.409. The Bertz CT molecular complexity index is 943. The summed E-state index contributed by atoms with van der Waals surface area (Å²) in [5, 5.41) is 2.83. The van der Waals surface area contributed by atoms with Crippen LogP contribution in [-0.2, 0) is 20.6 Å². The Morgan fingerprint density at radius 3 is 2.48 bits per heavy atom. The van der Waals surface area contributed by atoms with Crippen molar-refractivity contribution in [1.29, 1.82) is 0 Å². The van der Waals surface area contributed by atoms with E-state index in [0.29, 0.717) is 12.2 Å². The first-order valence-corrected chi connectivity index (χ1v) is 12.6. The van der Waals surface area contributed by atoms with Crippen LogP contribution in [-0.4, -0.2) is 39.4 Å². The lowest BCUT2D eigenvalue weighted by Gasteiger charge is -2.22. The topological polar surface area (TPSA) is 66.5 Å². The van der Waals surface area contributed by atoms with E-state index >= 15 is 0 Å². The van der Waals surface area contributed by atoms with Crippen LogP contribution in [0.15, 0.2) is 42.5 Å². The predicted molar refractivity (Wildman–Crippen MR) is 123 cm³/mol. The number of amides is 1. The average molecular weight is 435 g/mol. The van der Waals surface area contributed by atoms with Gasteiger partial charge in [0, 0.05) is 12.3 Å². The third-order valence-electron chi connectivity index (χ3n) is 4.60. The Labute approximate surface area is 178 Å². The second-order valence-corrected chi connectivity index (χ2v) is 10.3. The molecule has 0 aliphatic rings. The highest BCUT2D eigenvalue weighted by molar-refractivity contribution is 7.98. The van der Waals surface area contributed by atoms with Gasteiger partial charge in [-0.15, -0.1) is 0 Å². The maximum atomic E-state index is 12.3. The molecule has 29 heavy (non-hydrogen) atoms. The summed E-state index contributed by atoms with van der Waals surface area (Å²) in [5.41, 5.74) is 5.14. The number of rotatable bonds is 10. The van der Waals surface area contributed by atoms with E-state index in [9.17, 15) is 13.2 Å². The van der Waals surface area contributed by atoms with Crippen LogP contribution < -0.4 is 9.62 Å². The monoisotopic (exact) mass is 434 g/mol. The van der Waals surface area contributed by atoms with Crippen molar-refractivity contribution in [1.82, 2.24) is 5.32 Å². The number of nitrogens with one attached hydrogen (secondary N) is 1. The van der Waals surface area contributed by atoms with E-state index in [2.05, 4.69) is 36.5 Å². The summed E-state index contributed by atoms with van der Waals surface area (Å²) in [6.07, 6.45) is 1.96. The van der Waals surface area contributed by atoms with Crippen molar-refractivity contribution in [3.8, 4) is 0 Å². The van der Waals surface area contributed by atoms with Crippen molar-refractivity contribution >= 4 is 33.4 Å². The van der Waals surface area contributed by atoms with Crippen LogP contribution in [0.4, 0.5) is 5.69 Å². The molecule has 7 heteroatoms. The van der Waals surface area contributed by atoms with Gasteiger partial charge >= 0.3 is 0 Å². The molecule has 0 fully saturated rings. The SMILES string of the molecule is Cc1cccc(CSCCCNC(=O)CN(c2ccc(C)c(C)c2)S(C)(=O)=O)c1. The summed E-state index contributed by atoms with van der Waals surface area (Å²) in [5.74, 6) is 1.59. The van der Waals surface area contributed by atoms with E-state index < -0.39 is 10.0 Å². The number of anilines is 1. The van der Waals surface area contributed by atoms with Crippen LogP contribution in [0.5, 0.6) is 0 Å². The number of hydrogen-bond donors (Lipinski definition) is 1. The summed E-state index contributed by atoms with van der Waals surface area (Å²) in [6, 6.07) is 13.8. The molecular weight excluding hydrogens is 404 g/mol. The molecule has 158 valence electrons. The molecule has 0 radical (unpaired) electrons. The molecule has 0 saturated heterocycles. The van der Waals surface area contributed by atoms with Crippen LogP contribution in [0.1, 0.15) is 28.7 Å². The Hall–Kier alpha value is -1.99. The molecule has 0 saturated carbocycles. The van der Waals surface area contributed by atoms with Gasteiger partial charge in [0.2, 0.25) is 15.9 Å². The van der Waals surface area contributed by atoms with Crippen LogP contribution in [0.25, 0.3) is 0 Å². The second-order valence-electron chi connectivity index (χ2n) is 7.28. The van der Waals surface area contributed by atoms with Crippen molar-refractivity contribution < 1.29 is 13.2 Å². The first-order chi connectivity index (χ1) is 13.7. The van der Waals surface area contributed by atoms with E-state index in [0.717, 1.165) is 39.6 Å². The third-order valence-corrected chi connectivity index (χ3v) is 6.86. The van der Waals surface area contributed by atoms with Crippen LogP contribution >= 0.6 is 11.8 Å². The summed E-state index contributed by atoms with van der Waals surface area (Å²) < 4.78 is 25.5. The van der Waals surface area contributed by atoms with Crippen molar-refractivity contribution in [3.05, 3.63) is 64.7 Å². The van der Waals surface area contributed by atoms with Gasteiger partial charge in [0.25, 0.3) is 0 Å². The predicted octanol–water partition coefficient (Wildman–Crippen LogP) is 3.82. The van der Waals surface area contributed by atoms with Crippen molar-refractivity contribution in [3.63, 3.8) is 0 Å². The van der Waals surface area contributed by atoms with Crippen molar-refractivity contribution in [2.75, 3.05) is 29.4 Å². The molecule has 0 aliphatic heterocycles. The molecule has 1 amide bonds. The highest BCUT2D eigenvalue weighted by Gasteiger charge is 2.21. The Kier molecular flexibility index (Phi) is 8.59. The third kappa shape index (κ3) is 7.74. The molecule has 2 rings (SSSR count). The molecular formula is C22H30N2O3S2. The van der Waals surface area contributed by atoms with Gasteiger partial charge < -0.3 is 5.32 Å². The van der Waals surface area contributed by atoms with Gasteiger partial charge in [0.1, 0.15) is 6.54 Å². The van der Waals surface area contributed by atoms with Gasteiger partial charge in [0.15, 0.2) is 0 Å². The van der Waals surface area contributed by atoms with Crippen molar-refractivity contribution in [2.45, 2.75) is 32.9 Å². The van der Waals surface area contributed by atoms with E-state index in [1.54, 1.807) is 12.1 Å². The number of nitrogens with zero attached hydrogens (tertiary/aromatic N) is 1. The van der Waals surface area contributed by atoms with Gasteiger partial charge in [-0.3, -0.25) is 9.10 Å². The molecule has 0 aliphatic carbocycles. The van der Waals surface area contributed by atoms with Crippen LogP contribution in [0, 0.1) is 20.8 Å². The van der Waals surface area contributed by atoms with Gasteiger partial charge in [-0.2, -0.15) is 11.8 Å². The van der Waals surface area contributed by atoms with Gasteiger partial charge in [0.05, 0.1) is 11.9 Å². The average Bonchev–Trinajstić information content (AvgIpc) is 2.64. The minimum absolute atomic E-state index is 0.211. The second kappa shape index (κ2) is 10.7. The molecule has 0 heterocycles. The van der Waals surface area contributed by atoms with Gasteiger partial charge in [-0.05, 0) is 61.8 Å². The Morgan fingerprint density at radius 1 is 1.07 bits per heavy atom. The number of carbonyl (C=O) groups excluding carboxylic acids is 1. The highest BCUT2D eigenvalue weighted by Crippen LogP contribution is 2.21. The number of hydrogen-bond acceptors (Lipinski definition) is 4. The number of thioether (sulfide) groups is 1. The first-order valence-electron chi connectivity index (χ1n) is 9.62. The summed E-state index contributed by atoms with van der Waals surface area (Å²) in [6.45, 7) is 6.30. The zero-order valence-corrected chi connectivity index (χ0v) is 19.2. The van der Waals surface area contributed by atoms with E-state index in [-0.39, 0.29) is 12.5 Å². The molecule has 0 bridgehead atoms. The fourth-order valence-corrected chi connectivity index (χ4v) is 4.62. The molecule has 2 aromatic carbocycles. The Morgan fingerprint density at radius 2 is 1.83 bits per heavy atom. The lowest BCUT2D eigenvalue weighted by molar-refractivity contribution is -0.119. The maximum Gasteiger partial charge on any atom is 0.240 e. The lowest BCUT2D eigenvalue weighted by atomic mass is 10.1. The number of benzene rings is 2. The fourth-order valence-electron chi connectivity index (χ4n) is 2.86. The first kappa shape index (κ1) is 23.3. The minimum atomic E-state index is -3.55. The number of sulfonamides is 1. The largest absolute Gasteiger partial charge is 0.354 e. The van der Waals surface area contributed by atoms with Gasteiger partial charge in [-0.25, -0.2) is 8.42 Å². The molecule has 5 nitrogen and oxygen atoms in total. The highest BCUT2D eigenvalue weighted by atomic mass is 32.2. The molecule has 0 atom stereocenters. The zero-order valence-electron chi connectivity index (χ0n) is 17.6. The Balaban J connectivity index is 1.79. The normalized spacial score (nSPS) is 11.3. The quantitative estimate of drug-likeness (QED) is 0.578. The lowest BCUT2D eigenvalue weighted by Crippen LogP contribution is -2.40. The minimum Gasteiger partial charge on any atom is -0.354 e. The van der Waals surface area contributed by atoms with Crippen molar-refractivity contribution in [2.24, 2.45) is 0 Å². The summed E-state index contributed by atoms with van der Waals surface area (Å²) in [4.78, 5) is 12.3. The molecule has 0 aromatic heterocycles. The number of aryl methyl sites for hydroxylation is 3. The smallest absolute Gasteiger partial charge is 0.240 e. The number of carbonyl (C=O) groups is 1. The van der Waals surface area contributed by atoms with E-state index in [4.69, 9.17) is 0 Å². The summed E-state index contributed by atoms with van der Waals surface area (Å²) in [7, 11) is -3.55. The van der Waals surface area contributed by atoms with Crippen LogP contribution in [0.2, 0.25) is 0 Å². The molecule has 1 N–H and O–H groups in total. The molecule has 2 aromatic rings. The van der Waals surface area contributed by atoms with E-state index in [1.165, 1.54) is 11.1 Å². The summed E-state index contributed by atoms with van der Waals surface area (Å²) >= 11 is 1.83. The standard InChI is InChI=1S/C22H30N2O3S2/c1-17-7-5-8-20(13-17)16-28-12-6-11-23-22(25)15-24(29(4,26)27)21-10-9-18(2)19(3)14-21/h5,7-10,13-14H,6,11-12,15-16H2,1-4H3,(H,23,25). The zero-order chi connectivity index (χ0) is 21.4.